The number of carbonyl (C=O) groups is 1. The molecular formula is C20H19N5O2S. The number of anilines is 1. The zero-order valence-electron chi connectivity index (χ0n) is 15.7. The molecule has 0 saturated heterocycles. The minimum absolute atomic E-state index is 0.137. The van der Waals surface area contributed by atoms with E-state index in [9.17, 15) is 4.79 Å². The van der Waals surface area contributed by atoms with E-state index in [0.29, 0.717) is 16.5 Å². The maximum absolute atomic E-state index is 12.2. The van der Waals surface area contributed by atoms with E-state index in [1.165, 1.54) is 17.3 Å². The molecule has 0 unspecified atom stereocenters. The molecule has 28 heavy (non-hydrogen) atoms. The SMILES string of the molecule is COc1ccc(NC(=O)CSc2nnc3c(n2)[nH]c2c(C)cc(C)cc23)cc1. The summed E-state index contributed by atoms with van der Waals surface area (Å²) in [5.41, 5.74) is 5.46. The molecular weight excluding hydrogens is 374 g/mol. The molecule has 0 aliphatic carbocycles. The van der Waals surface area contributed by atoms with Crippen molar-refractivity contribution in [2.45, 2.75) is 19.0 Å². The summed E-state index contributed by atoms with van der Waals surface area (Å²) in [5.74, 6) is 0.795. The third-order valence-corrected chi connectivity index (χ3v) is 5.19. The van der Waals surface area contributed by atoms with Crippen molar-refractivity contribution in [1.82, 2.24) is 20.2 Å². The summed E-state index contributed by atoms with van der Waals surface area (Å²) in [4.78, 5) is 20.0. The van der Waals surface area contributed by atoms with Gasteiger partial charge in [-0.15, -0.1) is 10.2 Å². The zero-order chi connectivity index (χ0) is 19.7. The van der Waals surface area contributed by atoms with Gasteiger partial charge in [0.1, 0.15) is 11.3 Å². The highest BCUT2D eigenvalue weighted by Gasteiger charge is 2.12. The van der Waals surface area contributed by atoms with Crippen LogP contribution in [-0.4, -0.2) is 38.9 Å². The minimum Gasteiger partial charge on any atom is -0.497 e. The first-order chi connectivity index (χ1) is 13.5. The predicted molar refractivity (Wildman–Crippen MR) is 111 cm³/mol. The van der Waals surface area contributed by atoms with Crippen molar-refractivity contribution in [2.75, 3.05) is 18.2 Å². The molecule has 0 aliphatic rings. The van der Waals surface area contributed by atoms with Crippen LogP contribution in [0.25, 0.3) is 22.1 Å². The maximum Gasteiger partial charge on any atom is 0.234 e. The monoisotopic (exact) mass is 393 g/mol. The summed E-state index contributed by atoms with van der Waals surface area (Å²) in [7, 11) is 1.60. The summed E-state index contributed by atoms with van der Waals surface area (Å²) >= 11 is 1.25. The van der Waals surface area contributed by atoms with E-state index in [0.717, 1.165) is 27.7 Å². The van der Waals surface area contributed by atoms with E-state index < -0.39 is 0 Å². The van der Waals surface area contributed by atoms with Crippen molar-refractivity contribution in [3.63, 3.8) is 0 Å². The number of aryl methyl sites for hydroxylation is 2. The first kappa shape index (κ1) is 18.2. The van der Waals surface area contributed by atoms with Gasteiger partial charge in [0.05, 0.1) is 18.4 Å². The van der Waals surface area contributed by atoms with Crippen LogP contribution < -0.4 is 10.1 Å². The summed E-state index contributed by atoms with van der Waals surface area (Å²) in [6.07, 6.45) is 0. The molecule has 0 fully saturated rings. The summed E-state index contributed by atoms with van der Waals surface area (Å²) in [6, 6.07) is 11.4. The van der Waals surface area contributed by atoms with Crippen LogP contribution in [0, 0.1) is 13.8 Å². The van der Waals surface area contributed by atoms with Crippen molar-refractivity contribution in [1.29, 1.82) is 0 Å². The lowest BCUT2D eigenvalue weighted by Crippen LogP contribution is -2.14. The Morgan fingerprint density at radius 1 is 1.18 bits per heavy atom. The van der Waals surface area contributed by atoms with Crippen molar-refractivity contribution in [3.05, 3.63) is 47.5 Å². The van der Waals surface area contributed by atoms with E-state index >= 15 is 0 Å². The Balaban J connectivity index is 1.47. The van der Waals surface area contributed by atoms with Gasteiger partial charge >= 0.3 is 0 Å². The van der Waals surface area contributed by atoms with Crippen LogP contribution in [0.5, 0.6) is 5.75 Å². The molecule has 0 aliphatic heterocycles. The Labute approximate surface area is 165 Å². The molecule has 0 bridgehead atoms. The molecule has 4 aromatic rings. The second-order valence-corrected chi connectivity index (χ2v) is 7.43. The average Bonchev–Trinajstić information content (AvgIpc) is 3.05. The van der Waals surface area contributed by atoms with Crippen molar-refractivity contribution in [2.24, 2.45) is 0 Å². The number of H-pyrrole nitrogens is 1. The van der Waals surface area contributed by atoms with Crippen LogP contribution in [0.15, 0.2) is 41.6 Å². The second-order valence-electron chi connectivity index (χ2n) is 6.49. The largest absolute Gasteiger partial charge is 0.497 e. The van der Waals surface area contributed by atoms with Crippen LogP contribution in [-0.2, 0) is 4.79 Å². The number of methoxy groups -OCH3 is 1. The zero-order valence-corrected chi connectivity index (χ0v) is 16.6. The van der Waals surface area contributed by atoms with Crippen molar-refractivity contribution >= 4 is 45.4 Å². The minimum atomic E-state index is -0.137. The number of aromatic amines is 1. The van der Waals surface area contributed by atoms with E-state index in [1.807, 2.05) is 0 Å². The smallest absolute Gasteiger partial charge is 0.234 e. The normalized spacial score (nSPS) is 11.1. The molecule has 1 amide bonds. The molecule has 0 spiro atoms. The Hall–Kier alpha value is -3.13. The van der Waals surface area contributed by atoms with Crippen LogP contribution in [0.2, 0.25) is 0 Å². The van der Waals surface area contributed by atoms with Crippen LogP contribution in [0.1, 0.15) is 11.1 Å². The van der Waals surface area contributed by atoms with E-state index in [1.54, 1.807) is 31.4 Å². The number of carbonyl (C=O) groups excluding carboxylic acids is 1. The van der Waals surface area contributed by atoms with Crippen molar-refractivity contribution in [3.8, 4) is 5.75 Å². The standard InChI is InChI=1S/C20H19N5O2S/c1-11-8-12(2)17-15(9-11)18-19(22-17)23-20(25-24-18)28-10-16(26)21-13-4-6-14(27-3)7-5-13/h4-9H,10H2,1-3H3,(H,21,26)(H,22,23,25). The topological polar surface area (TPSA) is 92.8 Å². The van der Waals surface area contributed by atoms with Gasteiger partial charge in [0.2, 0.25) is 11.1 Å². The van der Waals surface area contributed by atoms with Gasteiger partial charge in [0, 0.05) is 11.1 Å². The number of nitrogens with zero attached hydrogens (tertiary/aromatic N) is 3. The highest BCUT2D eigenvalue weighted by molar-refractivity contribution is 7.99. The number of fused-ring (bicyclic) bond motifs is 3. The highest BCUT2D eigenvalue weighted by atomic mass is 32.2. The van der Waals surface area contributed by atoms with Gasteiger partial charge in [-0.25, -0.2) is 4.98 Å². The van der Waals surface area contributed by atoms with Crippen LogP contribution in [0.3, 0.4) is 0 Å². The second kappa shape index (κ2) is 7.47. The number of aromatic nitrogens is 4. The van der Waals surface area contributed by atoms with Crippen LogP contribution in [0.4, 0.5) is 5.69 Å². The van der Waals surface area contributed by atoms with Gasteiger partial charge in [0.15, 0.2) is 5.65 Å². The first-order valence-corrected chi connectivity index (χ1v) is 9.72. The van der Waals surface area contributed by atoms with Crippen molar-refractivity contribution < 1.29 is 9.53 Å². The predicted octanol–water partition coefficient (Wildman–Crippen LogP) is 3.86. The number of hydrogen-bond acceptors (Lipinski definition) is 6. The fourth-order valence-corrected chi connectivity index (χ4v) is 3.67. The van der Waals surface area contributed by atoms with Gasteiger partial charge < -0.3 is 15.0 Å². The summed E-state index contributed by atoms with van der Waals surface area (Å²) in [6.45, 7) is 4.11. The lowest BCUT2D eigenvalue weighted by Gasteiger charge is -2.05. The Bertz CT molecular complexity index is 1170. The molecule has 142 valence electrons. The molecule has 2 heterocycles. The summed E-state index contributed by atoms with van der Waals surface area (Å²) < 4.78 is 5.11. The van der Waals surface area contributed by atoms with E-state index in [2.05, 4.69) is 51.5 Å². The Morgan fingerprint density at radius 2 is 1.96 bits per heavy atom. The average molecular weight is 393 g/mol. The van der Waals surface area contributed by atoms with E-state index in [-0.39, 0.29) is 11.7 Å². The Kier molecular flexibility index (Phi) is 4.87. The molecule has 2 aromatic heterocycles. The number of rotatable bonds is 5. The number of ether oxygens (including phenoxy) is 1. The fourth-order valence-electron chi connectivity index (χ4n) is 3.08. The molecule has 2 N–H and O–H groups in total. The van der Waals surface area contributed by atoms with E-state index in [4.69, 9.17) is 4.74 Å². The third kappa shape index (κ3) is 3.63. The molecule has 0 radical (unpaired) electrons. The number of benzene rings is 2. The molecule has 0 saturated carbocycles. The van der Waals surface area contributed by atoms with Crippen LogP contribution >= 0.6 is 11.8 Å². The molecule has 2 aromatic carbocycles. The molecule has 8 heteroatoms. The lowest BCUT2D eigenvalue weighted by molar-refractivity contribution is -0.113. The number of hydrogen-bond donors (Lipinski definition) is 2. The number of nitrogens with one attached hydrogen (secondary N) is 2. The molecule has 0 atom stereocenters. The van der Waals surface area contributed by atoms with Gasteiger partial charge in [-0.1, -0.05) is 23.4 Å². The first-order valence-electron chi connectivity index (χ1n) is 8.73. The fraction of sp³-hybridized carbons (Fsp3) is 0.200. The summed E-state index contributed by atoms with van der Waals surface area (Å²) in [5, 5.41) is 12.8. The maximum atomic E-state index is 12.2. The molecule has 7 nitrogen and oxygen atoms in total. The number of amides is 1. The third-order valence-electron chi connectivity index (χ3n) is 4.35. The van der Waals surface area contributed by atoms with Gasteiger partial charge in [-0.3, -0.25) is 4.79 Å². The highest BCUT2D eigenvalue weighted by Crippen LogP contribution is 2.27. The molecule has 4 rings (SSSR count). The Morgan fingerprint density at radius 3 is 2.71 bits per heavy atom. The van der Waals surface area contributed by atoms with Gasteiger partial charge in [-0.05, 0) is 49.7 Å². The van der Waals surface area contributed by atoms with Gasteiger partial charge in [0.25, 0.3) is 0 Å². The quantitative estimate of drug-likeness (QED) is 0.500. The lowest BCUT2D eigenvalue weighted by atomic mass is 10.1. The number of thioether (sulfide) groups is 1. The van der Waals surface area contributed by atoms with Gasteiger partial charge in [-0.2, -0.15) is 0 Å².